The fourth-order valence-corrected chi connectivity index (χ4v) is 3.13. The standard InChI is InChI=1S/C19H23N3O4/c23-17-10-11-22(19(25)21-17)12-18(24)20-15-6-8-16(9-7-15)26-13-14-4-2-1-3-5-14/h6-11,14H,1-5,12-13H2,(H,20,24)(H,21,23,25). The third kappa shape index (κ3) is 5.08. The van der Waals surface area contributed by atoms with Crippen molar-refractivity contribution in [1.82, 2.24) is 9.55 Å². The largest absolute Gasteiger partial charge is 0.493 e. The Bertz CT molecular complexity index is 848. The van der Waals surface area contributed by atoms with Gasteiger partial charge in [0, 0.05) is 18.0 Å². The number of hydrogen-bond donors (Lipinski definition) is 2. The molecule has 0 radical (unpaired) electrons. The van der Waals surface area contributed by atoms with Crippen molar-refractivity contribution in [2.45, 2.75) is 38.6 Å². The number of aromatic amines is 1. The summed E-state index contributed by atoms with van der Waals surface area (Å²) in [6.07, 6.45) is 7.67. The Kier molecular flexibility index (Phi) is 5.88. The molecule has 1 saturated carbocycles. The second-order valence-corrected chi connectivity index (χ2v) is 6.63. The van der Waals surface area contributed by atoms with E-state index in [1.54, 1.807) is 12.1 Å². The van der Waals surface area contributed by atoms with Gasteiger partial charge in [0.15, 0.2) is 0 Å². The minimum absolute atomic E-state index is 0.171. The Labute approximate surface area is 151 Å². The molecule has 138 valence electrons. The van der Waals surface area contributed by atoms with Gasteiger partial charge in [0.1, 0.15) is 12.3 Å². The summed E-state index contributed by atoms with van der Waals surface area (Å²) in [6.45, 7) is 0.566. The van der Waals surface area contributed by atoms with Crippen LogP contribution in [0.25, 0.3) is 0 Å². The van der Waals surface area contributed by atoms with E-state index in [-0.39, 0.29) is 12.5 Å². The smallest absolute Gasteiger partial charge is 0.328 e. The van der Waals surface area contributed by atoms with Gasteiger partial charge in [-0.1, -0.05) is 19.3 Å². The van der Waals surface area contributed by atoms with Crippen molar-refractivity contribution < 1.29 is 9.53 Å². The van der Waals surface area contributed by atoms with E-state index in [1.165, 1.54) is 44.4 Å². The topological polar surface area (TPSA) is 93.2 Å². The molecule has 7 heteroatoms. The lowest BCUT2D eigenvalue weighted by Crippen LogP contribution is -2.32. The molecule has 1 heterocycles. The minimum atomic E-state index is -0.612. The maximum atomic E-state index is 12.0. The van der Waals surface area contributed by atoms with Gasteiger partial charge in [0.25, 0.3) is 5.56 Å². The maximum Gasteiger partial charge on any atom is 0.328 e. The Balaban J connectivity index is 1.50. The van der Waals surface area contributed by atoms with Crippen LogP contribution in [-0.4, -0.2) is 22.1 Å². The molecule has 26 heavy (non-hydrogen) atoms. The van der Waals surface area contributed by atoms with Crippen molar-refractivity contribution >= 4 is 11.6 Å². The molecule has 0 bridgehead atoms. The Morgan fingerprint density at radius 2 is 1.85 bits per heavy atom. The van der Waals surface area contributed by atoms with Crippen LogP contribution in [0.3, 0.4) is 0 Å². The van der Waals surface area contributed by atoms with Crippen molar-refractivity contribution in [2.24, 2.45) is 5.92 Å². The van der Waals surface area contributed by atoms with Crippen molar-refractivity contribution in [3.8, 4) is 5.75 Å². The third-order valence-corrected chi connectivity index (χ3v) is 4.56. The lowest BCUT2D eigenvalue weighted by molar-refractivity contribution is -0.116. The number of nitrogens with zero attached hydrogens (tertiary/aromatic N) is 1. The number of carbonyl (C=O) groups is 1. The predicted molar refractivity (Wildman–Crippen MR) is 98.5 cm³/mol. The molecule has 0 unspecified atom stereocenters. The number of anilines is 1. The summed E-state index contributed by atoms with van der Waals surface area (Å²) >= 11 is 0. The highest BCUT2D eigenvalue weighted by Gasteiger charge is 2.14. The van der Waals surface area contributed by atoms with Crippen molar-refractivity contribution in [1.29, 1.82) is 0 Å². The Hall–Kier alpha value is -2.83. The number of aromatic nitrogens is 2. The summed E-state index contributed by atoms with van der Waals surface area (Å²) in [5, 5.41) is 2.72. The van der Waals surface area contributed by atoms with Gasteiger partial charge in [-0.3, -0.25) is 19.1 Å². The highest BCUT2D eigenvalue weighted by Crippen LogP contribution is 2.25. The zero-order valence-electron chi connectivity index (χ0n) is 14.6. The summed E-state index contributed by atoms with van der Waals surface area (Å²) < 4.78 is 6.97. The van der Waals surface area contributed by atoms with E-state index < -0.39 is 11.2 Å². The monoisotopic (exact) mass is 357 g/mol. The second kappa shape index (κ2) is 8.51. The van der Waals surface area contributed by atoms with Crippen molar-refractivity contribution in [2.75, 3.05) is 11.9 Å². The van der Waals surface area contributed by atoms with Crippen molar-refractivity contribution in [3.63, 3.8) is 0 Å². The summed E-state index contributed by atoms with van der Waals surface area (Å²) in [7, 11) is 0. The molecule has 2 aromatic rings. The Morgan fingerprint density at radius 3 is 2.54 bits per heavy atom. The molecule has 1 aliphatic rings. The highest BCUT2D eigenvalue weighted by molar-refractivity contribution is 5.90. The van der Waals surface area contributed by atoms with Crippen LogP contribution in [-0.2, 0) is 11.3 Å². The zero-order chi connectivity index (χ0) is 18.4. The molecular weight excluding hydrogens is 334 g/mol. The van der Waals surface area contributed by atoms with Gasteiger partial charge in [-0.05, 0) is 43.0 Å². The minimum Gasteiger partial charge on any atom is -0.493 e. The van der Waals surface area contributed by atoms with E-state index in [0.717, 1.165) is 16.9 Å². The zero-order valence-corrected chi connectivity index (χ0v) is 14.6. The predicted octanol–water partition coefficient (Wildman–Crippen LogP) is 2.13. The van der Waals surface area contributed by atoms with Gasteiger partial charge >= 0.3 is 5.69 Å². The molecular formula is C19H23N3O4. The molecule has 1 fully saturated rings. The van der Waals surface area contributed by atoms with Crippen LogP contribution in [0.4, 0.5) is 5.69 Å². The molecule has 2 N–H and O–H groups in total. The van der Waals surface area contributed by atoms with E-state index in [2.05, 4.69) is 10.3 Å². The first-order valence-corrected chi connectivity index (χ1v) is 8.92. The highest BCUT2D eigenvalue weighted by atomic mass is 16.5. The fourth-order valence-electron chi connectivity index (χ4n) is 3.13. The van der Waals surface area contributed by atoms with Crippen LogP contribution in [0.5, 0.6) is 5.75 Å². The van der Waals surface area contributed by atoms with E-state index in [4.69, 9.17) is 4.74 Å². The number of rotatable bonds is 6. The first kappa shape index (κ1) is 18.0. The lowest BCUT2D eigenvalue weighted by Gasteiger charge is -2.21. The quantitative estimate of drug-likeness (QED) is 0.828. The number of benzene rings is 1. The maximum absolute atomic E-state index is 12.0. The first-order valence-electron chi connectivity index (χ1n) is 8.92. The number of H-pyrrole nitrogens is 1. The summed E-state index contributed by atoms with van der Waals surface area (Å²) in [5.41, 5.74) is -0.480. The van der Waals surface area contributed by atoms with Gasteiger partial charge in [0.05, 0.1) is 6.61 Å². The van der Waals surface area contributed by atoms with E-state index in [0.29, 0.717) is 11.6 Å². The molecule has 7 nitrogen and oxygen atoms in total. The van der Waals surface area contributed by atoms with E-state index in [9.17, 15) is 14.4 Å². The second-order valence-electron chi connectivity index (χ2n) is 6.63. The van der Waals surface area contributed by atoms with Crippen LogP contribution < -0.4 is 21.3 Å². The van der Waals surface area contributed by atoms with E-state index in [1.807, 2.05) is 12.1 Å². The van der Waals surface area contributed by atoms with Gasteiger partial charge < -0.3 is 10.1 Å². The van der Waals surface area contributed by atoms with Crippen LogP contribution >= 0.6 is 0 Å². The lowest BCUT2D eigenvalue weighted by atomic mass is 9.90. The number of carbonyl (C=O) groups excluding carboxylic acids is 1. The van der Waals surface area contributed by atoms with Crippen LogP contribution in [0.2, 0.25) is 0 Å². The summed E-state index contributed by atoms with van der Waals surface area (Å²) in [6, 6.07) is 8.38. The SMILES string of the molecule is O=C(Cn1ccc(=O)[nH]c1=O)Nc1ccc(OCC2CCCCC2)cc1. The normalized spacial score (nSPS) is 14.8. The van der Waals surface area contributed by atoms with Gasteiger partial charge in [-0.2, -0.15) is 0 Å². The molecule has 0 spiro atoms. The molecule has 0 saturated heterocycles. The fraction of sp³-hybridized carbons (Fsp3) is 0.421. The van der Waals surface area contributed by atoms with E-state index >= 15 is 0 Å². The molecule has 1 aliphatic carbocycles. The van der Waals surface area contributed by atoms with Gasteiger partial charge in [0.2, 0.25) is 5.91 Å². The number of amides is 1. The van der Waals surface area contributed by atoms with Gasteiger partial charge in [-0.25, -0.2) is 4.79 Å². The average molecular weight is 357 g/mol. The first-order chi connectivity index (χ1) is 12.6. The molecule has 0 aliphatic heterocycles. The van der Waals surface area contributed by atoms with Crippen LogP contribution in [0.15, 0.2) is 46.1 Å². The molecule has 3 rings (SSSR count). The molecule has 1 amide bonds. The van der Waals surface area contributed by atoms with Crippen LogP contribution in [0.1, 0.15) is 32.1 Å². The number of hydrogen-bond acceptors (Lipinski definition) is 4. The van der Waals surface area contributed by atoms with Crippen molar-refractivity contribution in [3.05, 3.63) is 57.4 Å². The molecule has 0 atom stereocenters. The van der Waals surface area contributed by atoms with Gasteiger partial charge in [-0.15, -0.1) is 0 Å². The van der Waals surface area contributed by atoms with Crippen LogP contribution in [0, 0.1) is 5.92 Å². The summed E-state index contributed by atoms with van der Waals surface area (Å²) in [4.78, 5) is 36.8. The molecule has 1 aromatic heterocycles. The average Bonchev–Trinajstić information content (AvgIpc) is 2.64. The third-order valence-electron chi connectivity index (χ3n) is 4.56. The Morgan fingerprint density at radius 1 is 1.12 bits per heavy atom. The number of ether oxygens (including phenoxy) is 1. The summed E-state index contributed by atoms with van der Waals surface area (Å²) in [5.74, 6) is 1.07. The number of nitrogens with one attached hydrogen (secondary N) is 2. The molecule has 1 aromatic carbocycles.